The van der Waals surface area contributed by atoms with Crippen molar-refractivity contribution >= 4 is 11.4 Å². The lowest BCUT2D eigenvalue weighted by Crippen LogP contribution is -2.09. The first kappa shape index (κ1) is 16.7. The van der Waals surface area contributed by atoms with E-state index in [-0.39, 0.29) is 17.1 Å². The highest BCUT2D eigenvalue weighted by atomic mass is 19.1. The van der Waals surface area contributed by atoms with Gasteiger partial charge >= 0.3 is 0 Å². The van der Waals surface area contributed by atoms with Crippen LogP contribution in [0.3, 0.4) is 0 Å². The first-order chi connectivity index (χ1) is 10.8. The summed E-state index contributed by atoms with van der Waals surface area (Å²) in [5.41, 5.74) is 2.99. The monoisotopic (exact) mass is 322 g/mol. The molecule has 1 aromatic carbocycles. The zero-order valence-electron chi connectivity index (χ0n) is 13.5. The lowest BCUT2D eigenvalue weighted by Gasteiger charge is -2.10. The smallest absolute Gasteiger partial charge is 0.295 e. The zero-order valence-corrected chi connectivity index (χ0v) is 13.5. The van der Waals surface area contributed by atoms with Crippen molar-refractivity contribution in [2.24, 2.45) is 7.05 Å². The molecule has 0 unspecified atom stereocenters. The van der Waals surface area contributed by atoms with Gasteiger partial charge in [-0.3, -0.25) is 14.8 Å². The van der Waals surface area contributed by atoms with E-state index in [0.29, 0.717) is 13.0 Å². The molecule has 0 aliphatic rings. The highest BCUT2D eigenvalue weighted by Crippen LogP contribution is 2.31. The van der Waals surface area contributed by atoms with Crippen LogP contribution in [0.15, 0.2) is 12.1 Å². The number of halogens is 1. The number of nitrogens with zero attached hydrogens (tertiary/aromatic N) is 3. The molecule has 0 aliphatic heterocycles. The van der Waals surface area contributed by atoms with E-state index >= 15 is 0 Å². The fourth-order valence-corrected chi connectivity index (χ4v) is 2.49. The van der Waals surface area contributed by atoms with Gasteiger partial charge in [-0.25, -0.2) is 4.39 Å². The van der Waals surface area contributed by atoms with Gasteiger partial charge in [-0.15, -0.1) is 0 Å². The summed E-state index contributed by atoms with van der Waals surface area (Å²) in [4.78, 5) is 10.4. The van der Waals surface area contributed by atoms with Crippen LogP contribution < -0.4 is 10.1 Å². The molecule has 0 bridgehead atoms. The molecule has 1 heterocycles. The molecule has 1 N–H and O–H groups in total. The minimum absolute atomic E-state index is 0.0353. The van der Waals surface area contributed by atoms with Gasteiger partial charge in [0.25, 0.3) is 5.69 Å². The van der Waals surface area contributed by atoms with Crippen molar-refractivity contribution in [2.45, 2.75) is 20.3 Å². The number of anilines is 1. The molecule has 0 radical (unpaired) electrons. The molecule has 2 rings (SSSR count). The molecule has 0 atom stereocenters. The van der Waals surface area contributed by atoms with Gasteiger partial charge in [0.1, 0.15) is 5.69 Å². The first-order valence-corrected chi connectivity index (χ1v) is 7.10. The first-order valence-electron chi connectivity index (χ1n) is 7.10. The van der Waals surface area contributed by atoms with Gasteiger partial charge in [-0.1, -0.05) is 0 Å². The Bertz CT molecular complexity index is 743. The second-order valence-electron chi connectivity index (χ2n) is 5.21. The van der Waals surface area contributed by atoms with E-state index in [9.17, 15) is 14.5 Å². The van der Waals surface area contributed by atoms with Crippen molar-refractivity contribution < 1.29 is 14.1 Å². The quantitative estimate of drug-likeness (QED) is 0.653. The molecule has 0 spiro atoms. The highest BCUT2D eigenvalue weighted by Gasteiger charge is 2.19. The van der Waals surface area contributed by atoms with Crippen LogP contribution in [0.5, 0.6) is 5.75 Å². The Morgan fingerprint density at radius 3 is 2.65 bits per heavy atom. The summed E-state index contributed by atoms with van der Waals surface area (Å²) in [6.07, 6.45) is 0.655. The summed E-state index contributed by atoms with van der Waals surface area (Å²) in [5, 5.41) is 18.4. The predicted octanol–water partition coefficient (Wildman–Crippen LogP) is 2.75. The van der Waals surface area contributed by atoms with Crippen molar-refractivity contribution in [1.29, 1.82) is 0 Å². The standard InChI is InChI=1S/C15H19FN4O3/c1-9-11(10(2)19(3)18-9)5-6-17-13-8-15(23-4)12(16)7-14(13)20(21)22/h7-8,17H,5-6H2,1-4H3. The fourth-order valence-electron chi connectivity index (χ4n) is 2.49. The van der Waals surface area contributed by atoms with Gasteiger partial charge < -0.3 is 10.1 Å². The molecule has 0 saturated carbocycles. The lowest BCUT2D eigenvalue weighted by atomic mass is 10.1. The summed E-state index contributed by atoms with van der Waals surface area (Å²) in [6, 6.07) is 2.16. The Labute approximate surface area is 133 Å². The summed E-state index contributed by atoms with van der Waals surface area (Å²) in [7, 11) is 3.19. The van der Waals surface area contributed by atoms with Crippen LogP contribution in [0.2, 0.25) is 0 Å². The highest BCUT2D eigenvalue weighted by molar-refractivity contribution is 5.64. The minimum atomic E-state index is -0.760. The number of hydrogen-bond acceptors (Lipinski definition) is 5. The number of hydrogen-bond donors (Lipinski definition) is 1. The molecule has 0 aliphatic carbocycles. The SMILES string of the molecule is COc1cc(NCCc2c(C)nn(C)c2C)c([N+](=O)[O-])cc1F. The number of aryl methyl sites for hydroxylation is 2. The largest absolute Gasteiger partial charge is 0.494 e. The topological polar surface area (TPSA) is 82.2 Å². The third kappa shape index (κ3) is 3.41. The molecule has 0 saturated heterocycles. The number of nitro groups is 1. The molecular formula is C15H19FN4O3. The Balaban J connectivity index is 2.18. The van der Waals surface area contributed by atoms with Gasteiger partial charge in [0.15, 0.2) is 11.6 Å². The predicted molar refractivity (Wildman–Crippen MR) is 84.5 cm³/mol. The fraction of sp³-hybridized carbons (Fsp3) is 0.400. The van der Waals surface area contributed by atoms with Crippen molar-refractivity contribution in [2.75, 3.05) is 19.0 Å². The molecule has 0 amide bonds. The zero-order chi connectivity index (χ0) is 17.1. The third-order valence-corrected chi connectivity index (χ3v) is 3.82. The summed E-state index contributed by atoms with van der Waals surface area (Å²) >= 11 is 0. The summed E-state index contributed by atoms with van der Waals surface area (Å²) in [5.74, 6) is -0.796. The van der Waals surface area contributed by atoms with Gasteiger partial charge in [0, 0.05) is 25.4 Å². The van der Waals surface area contributed by atoms with Crippen LogP contribution >= 0.6 is 0 Å². The second kappa shape index (κ2) is 6.64. The number of methoxy groups -OCH3 is 1. The van der Waals surface area contributed by atoms with Gasteiger partial charge in [0.05, 0.1) is 23.8 Å². The van der Waals surface area contributed by atoms with Crippen molar-refractivity contribution in [3.05, 3.63) is 45.0 Å². The Hall–Kier alpha value is -2.64. The molecule has 2 aromatic rings. The van der Waals surface area contributed by atoms with E-state index in [1.165, 1.54) is 13.2 Å². The Kier molecular flexibility index (Phi) is 4.83. The summed E-state index contributed by atoms with van der Waals surface area (Å²) < 4.78 is 20.3. The average molecular weight is 322 g/mol. The van der Waals surface area contributed by atoms with Crippen LogP contribution in [-0.2, 0) is 13.5 Å². The van der Waals surface area contributed by atoms with E-state index in [1.807, 2.05) is 20.9 Å². The number of nitrogens with one attached hydrogen (secondary N) is 1. The number of ether oxygens (including phenoxy) is 1. The van der Waals surface area contributed by atoms with Crippen molar-refractivity contribution in [3.8, 4) is 5.75 Å². The van der Waals surface area contributed by atoms with E-state index in [2.05, 4.69) is 10.4 Å². The number of aromatic nitrogens is 2. The van der Waals surface area contributed by atoms with Crippen LogP contribution in [0.4, 0.5) is 15.8 Å². The maximum absolute atomic E-state index is 13.6. The van der Waals surface area contributed by atoms with Crippen LogP contribution in [0.25, 0.3) is 0 Å². The molecule has 0 fully saturated rings. The lowest BCUT2D eigenvalue weighted by molar-refractivity contribution is -0.384. The Morgan fingerprint density at radius 2 is 2.13 bits per heavy atom. The van der Waals surface area contributed by atoms with Gasteiger partial charge in [0.2, 0.25) is 0 Å². The molecule has 7 nitrogen and oxygen atoms in total. The third-order valence-electron chi connectivity index (χ3n) is 3.82. The normalized spacial score (nSPS) is 10.7. The maximum Gasteiger partial charge on any atom is 0.295 e. The van der Waals surface area contributed by atoms with E-state index < -0.39 is 10.7 Å². The molecule has 1 aromatic heterocycles. The van der Waals surface area contributed by atoms with E-state index in [4.69, 9.17) is 4.74 Å². The summed E-state index contributed by atoms with van der Waals surface area (Å²) in [6.45, 7) is 4.35. The maximum atomic E-state index is 13.6. The second-order valence-corrected chi connectivity index (χ2v) is 5.21. The molecular weight excluding hydrogens is 303 g/mol. The van der Waals surface area contributed by atoms with Crippen molar-refractivity contribution in [1.82, 2.24) is 9.78 Å². The molecule has 8 heteroatoms. The number of benzene rings is 1. The minimum Gasteiger partial charge on any atom is -0.494 e. The number of rotatable bonds is 6. The van der Waals surface area contributed by atoms with E-state index in [0.717, 1.165) is 23.0 Å². The van der Waals surface area contributed by atoms with Gasteiger partial charge in [-0.05, 0) is 25.8 Å². The average Bonchev–Trinajstić information content (AvgIpc) is 2.74. The van der Waals surface area contributed by atoms with Crippen LogP contribution in [0.1, 0.15) is 17.0 Å². The Morgan fingerprint density at radius 1 is 1.43 bits per heavy atom. The van der Waals surface area contributed by atoms with Crippen LogP contribution in [-0.4, -0.2) is 28.4 Å². The van der Waals surface area contributed by atoms with Crippen molar-refractivity contribution in [3.63, 3.8) is 0 Å². The number of nitro benzene ring substituents is 1. The molecule has 23 heavy (non-hydrogen) atoms. The van der Waals surface area contributed by atoms with Crippen LogP contribution in [0, 0.1) is 29.8 Å². The molecule has 124 valence electrons. The van der Waals surface area contributed by atoms with E-state index in [1.54, 1.807) is 4.68 Å². The van der Waals surface area contributed by atoms with Gasteiger partial charge in [-0.2, -0.15) is 5.10 Å².